The largest absolute Gasteiger partial charge is 0.456 e. The van der Waals surface area contributed by atoms with Crippen molar-refractivity contribution in [3.63, 3.8) is 0 Å². The van der Waals surface area contributed by atoms with Crippen molar-refractivity contribution in [1.82, 2.24) is 0 Å². The van der Waals surface area contributed by atoms with Gasteiger partial charge in [-0.15, -0.1) is 0 Å². The van der Waals surface area contributed by atoms with E-state index in [1.54, 1.807) is 24.3 Å². The normalized spacial score (nSPS) is 12.4. The highest BCUT2D eigenvalue weighted by Gasteiger charge is 2.08. The summed E-state index contributed by atoms with van der Waals surface area (Å²) < 4.78 is 28.9. The first-order valence-electron chi connectivity index (χ1n) is 8.37. The Kier molecular flexibility index (Phi) is 4.77. The molecule has 1 heterocycles. The number of nitrogens with two attached hydrogens (primary N) is 1. The van der Waals surface area contributed by atoms with E-state index < -0.39 is 10.0 Å². The van der Waals surface area contributed by atoms with E-state index in [0.29, 0.717) is 27.4 Å². The van der Waals surface area contributed by atoms with Crippen LogP contribution in [-0.4, -0.2) is 8.42 Å². The van der Waals surface area contributed by atoms with Crippen LogP contribution in [0.2, 0.25) is 5.02 Å². The third kappa shape index (κ3) is 3.84. The van der Waals surface area contributed by atoms with E-state index in [0.717, 1.165) is 10.9 Å². The van der Waals surface area contributed by atoms with Gasteiger partial charge in [-0.25, -0.2) is 18.5 Å². The van der Waals surface area contributed by atoms with Crippen LogP contribution in [0.1, 0.15) is 0 Å². The fourth-order valence-electron chi connectivity index (χ4n) is 2.82. The van der Waals surface area contributed by atoms with Gasteiger partial charge in [-0.3, -0.25) is 0 Å². The maximum absolute atomic E-state index is 11.4. The molecule has 0 aliphatic rings. The van der Waals surface area contributed by atoms with Crippen molar-refractivity contribution in [1.29, 1.82) is 0 Å². The number of halogens is 1. The Labute approximate surface area is 166 Å². The van der Waals surface area contributed by atoms with Crippen LogP contribution in [0, 0.1) is 0 Å². The van der Waals surface area contributed by atoms with Crippen LogP contribution in [0.15, 0.2) is 93.2 Å². The Morgan fingerprint density at radius 3 is 2.25 bits per heavy atom. The van der Waals surface area contributed by atoms with Crippen LogP contribution in [-0.2, 0) is 10.0 Å². The highest BCUT2D eigenvalue weighted by Crippen LogP contribution is 2.24. The molecule has 0 aliphatic heterocycles. The Balaban J connectivity index is 1.90. The second kappa shape index (κ2) is 7.24. The molecule has 140 valence electrons. The fourth-order valence-corrected chi connectivity index (χ4v) is 3.46. The SMILES string of the molecule is NS(=O)(=O)c1ccc(N=c2cc(-c3ccc(Cl)cc3)oc3ccccc23)cc1. The number of hydrogen-bond acceptors (Lipinski definition) is 4. The van der Waals surface area contributed by atoms with Crippen molar-refractivity contribution in [2.24, 2.45) is 10.1 Å². The van der Waals surface area contributed by atoms with E-state index in [-0.39, 0.29) is 4.90 Å². The van der Waals surface area contributed by atoms with Gasteiger partial charge in [-0.1, -0.05) is 23.7 Å². The first-order valence-corrected chi connectivity index (χ1v) is 10.3. The molecule has 0 bridgehead atoms. The molecule has 0 atom stereocenters. The van der Waals surface area contributed by atoms with Gasteiger partial charge in [0.05, 0.1) is 15.9 Å². The number of fused-ring (bicyclic) bond motifs is 1. The lowest BCUT2D eigenvalue weighted by Crippen LogP contribution is -2.11. The summed E-state index contributed by atoms with van der Waals surface area (Å²) in [4.78, 5) is 4.72. The minimum atomic E-state index is -3.74. The van der Waals surface area contributed by atoms with Crippen LogP contribution in [0.5, 0.6) is 0 Å². The second-order valence-corrected chi connectivity index (χ2v) is 8.15. The van der Waals surface area contributed by atoms with Crippen LogP contribution >= 0.6 is 11.6 Å². The van der Waals surface area contributed by atoms with Crippen molar-refractivity contribution in [3.8, 4) is 11.3 Å². The van der Waals surface area contributed by atoms with Gasteiger partial charge < -0.3 is 4.42 Å². The van der Waals surface area contributed by atoms with Gasteiger partial charge in [0.15, 0.2) is 0 Å². The van der Waals surface area contributed by atoms with E-state index in [1.165, 1.54) is 12.1 Å². The quantitative estimate of drug-likeness (QED) is 0.534. The lowest BCUT2D eigenvalue weighted by molar-refractivity contribution is 0.598. The summed E-state index contributed by atoms with van der Waals surface area (Å²) in [6.07, 6.45) is 0. The Morgan fingerprint density at radius 2 is 1.57 bits per heavy atom. The molecular formula is C21H15ClN2O3S. The molecule has 0 unspecified atom stereocenters. The van der Waals surface area contributed by atoms with Crippen LogP contribution in [0.25, 0.3) is 22.3 Å². The van der Waals surface area contributed by atoms with Crippen molar-refractivity contribution in [2.45, 2.75) is 4.90 Å². The zero-order valence-electron chi connectivity index (χ0n) is 14.5. The van der Waals surface area contributed by atoms with Crippen molar-refractivity contribution in [3.05, 3.63) is 89.2 Å². The third-order valence-corrected chi connectivity index (χ3v) is 5.38. The maximum atomic E-state index is 11.4. The van der Waals surface area contributed by atoms with Crippen molar-refractivity contribution >= 4 is 38.3 Å². The highest BCUT2D eigenvalue weighted by atomic mass is 35.5. The molecule has 2 N–H and O–H groups in total. The molecule has 0 amide bonds. The molecule has 0 saturated heterocycles. The van der Waals surface area contributed by atoms with E-state index >= 15 is 0 Å². The molecule has 0 fully saturated rings. The summed E-state index contributed by atoms with van der Waals surface area (Å²) in [5, 5.41) is 7.34. The fraction of sp³-hybridized carbons (Fsp3) is 0. The van der Waals surface area contributed by atoms with Gasteiger partial charge in [0.25, 0.3) is 0 Å². The average molecular weight is 411 g/mol. The minimum Gasteiger partial charge on any atom is -0.456 e. The lowest BCUT2D eigenvalue weighted by Gasteiger charge is -2.05. The topological polar surface area (TPSA) is 85.7 Å². The van der Waals surface area contributed by atoms with Gasteiger partial charge in [0, 0.05) is 22.0 Å². The number of primary sulfonamides is 1. The molecule has 1 aromatic heterocycles. The molecule has 0 radical (unpaired) electrons. The molecule has 28 heavy (non-hydrogen) atoms. The maximum Gasteiger partial charge on any atom is 0.238 e. The van der Waals surface area contributed by atoms with E-state index in [1.807, 2.05) is 42.5 Å². The Bertz CT molecular complexity index is 1330. The number of sulfonamides is 1. The van der Waals surface area contributed by atoms with Gasteiger partial charge in [-0.05, 0) is 60.7 Å². The first-order chi connectivity index (χ1) is 13.4. The average Bonchev–Trinajstić information content (AvgIpc) is 2.68. The Morgan fingerprint density at radius 1 is 0.893 bits per heavy atom. The van der Waals surface area contributed by atoms with Gasteiger partial charge >= 0.3 is 0 Å². The minimum absolute atomic E-state index is 0.0428. The molecule has 4 aromatic rings. The summed E-state index contributed by atoms with van der Waals surface area (Å²) >= 11 is 5.98. The monoisotopic (exact) mass is 410 g/mol. The van der Waals surface area contributed by atoms with Gasteiger partial charge in [0.2, 0.25) is 10.0 Å². The lowest BCUT2D eigenvalue weighted by atomic mass is 10.1. The number of rotatable bonds is 3. The summed E-state index contributed by atoms with van der Waals surface area (Å²) in [5.74, 6) is 0.648. The molecule has 4 rings (SSSR count). The molecular weight excluding hydrogens is 396 g/mol. The summed E-state index contributed by atoms with van der Waals surface area (Å²) in [6, 6.07) is 22.9. The van der Waals surface area contributed by atoms with E-state index in [9.17, 15) is 8.42 Å². The predicted octanol–water partition coefficient (Wildman–Crippen LogP) is 4.63. The molecule has 0 spiro atoms. The number of nitrogens with zero attached hydrogens (tertiary/aromatic N) is 1. The van der Waals surface area contributed by atoms with Crippen molar-refractivity contribution < 1.29 is 12.8 Å². The molecule has 0 aliphatic carbocycles. The summed E-state index contributed by atoms with van der Waals surface area (Å²) in [6.45, 7) is 0. The Hall–Kier alpha value is -2.93. The third-order valence-electron chi connectivity index (χ3n) is 4.19. The van der Waals surface area contributed by atoms with E-state index in [2.05, 4.69) is 4.99 Å². The van der Waals surface area contributed by atoms with Crippen LogP contribution in [0.3, 0.4) is 0 Å². The standard InChI is InChI=1S/C21H15ClN2O3S/c22-15-7-5-14(6-8-15)21-13-19(18-3-1-2-4-20(18)27-21)24-16-9-11-17(12-10-16)28(23,25)26/h1-13H,(H2,23,25,26). The first kappa shape index (κ1) is 18.4. The zero-order valence-corrected chi connectivity index (χ0v) is 16.1. The number of benzene rings is 3. The van der Waals surface area contributed by atoms with Crippen LogP contribution in [0.4, 0.5) is 5.69 Å². The summed E-state index contributed by atoms with van der Waals surface area (Å²) in [7, 11) is -3.74. The summed E-state index contributed by atoms with van der Waals surface area (Å²) in [5.41, 5.74) is 2.16. The highest BCUT2D eigenvalue weighted by molar-refractivity contribution is 7.89. The van der Waals surface area contributed by atoms with Crippen LogP contribution < -0.4 is 10.5 Å². The molecule has 7 heteroatoms. The smallest absolute Gasteiger partial charge is 0.238 e. The second-order valence-electron chi connectivity index (χ2n) is 6.15. The van der Waals surface area contributed by atoms with Gasteiger partial charge in [0.1, 0.15) is 11.3 Å². The zero-order chi connectivity index (χ0) is 19.7. The van der Waals surface area contributed by atoms with Crippen molar-refractivity contribution in [2.75, 3.05) is 0 Å². The molecule has 0 saturated carbocycles. The number of para-hydroxylation sites is 1. The number of hydrogen-bond donors (Lipinski definition) is 1. The molecule has 5 nitrogen and oxygen atoms in total. The van der Waals surface area contributed by atoms with E-state index in [4.69, 9.17) is 21.2 Å². The predicted molar refractivity (Wildman–Crippen MR) is 110 cm³/mol. The van der Waals surface area contributed by atoms with Gasteiger partial charge in [-0.2, -0.15) is 0 Å². The molecule has 3 aromatic carbocycles.